The molecule has 1 aliphatic rings. The van der Waals surface area contributed by atoms with Gasteiger partial charge in [0.1, 0.15) is 5.54 Å². The second kappa shape index (κ2) is 8.17. The molecule has 2 aromatic carbocycles. The Morgan fingerprint density at radius 2 is 1.71 bits per heavy atom. The van der Waals surface area contributed by atoms with Gasteiger partial charge in [-0.25, -0.2) is 0 Å². The van der Waals surface area contributed by atoms with Crippen LogP contribution in [0.3, 0.4) is 0 Å². The molecule has 4 rings (SSSR count). The fourth-order valence-electron chi connectivity index (χ4n) is 3.76. The molecule has 3 nitrogen and oxygen atoms in total. The fraction of sp³-hybridized carbons (Fsp3) is 0.280. The zero-order chi connectivity index (χ0) is 22.1. The molecule has 0 radical (unpaired) electrons. The summed E-state index contributed by atoms with van der Waals surface area (Å²) in [5, 5.41) is 3.10. The molecular weight excluding hydrogens is 401 g/mol. The van der Waals surface area contributed by atoms with Crippen molar-refractivity contribution >= 4 is 5.91 Å². The molecular formula is C25H23F3N2O. The van der Waals surface area contributed by atoms with Gasteiger partial charge in [-0.05, 0) is 54.7 Å². The Labute approximate surface area is 179 Å². The number of carbonyl (C=O) groups is 1. The number of nitrogens with zero attached hydrogens (tertiary/aromatic N) is 1. The molecule has 0 saturated heterocycles. The number of pyridine rings is 1. The lowest BCUT2D eigenvalue weighted by Gasteiger charge is -2.36. The van der Waals surface area contributed by atoms with E-state index in [0.29, 0.717) is 11.3 Å². The average Bonchev–Trinajstić information content (AvgIpc) is 3.59. The Hall–Kier alpha value is -3.15. The van der Waals surface area contributed by atoms with E-state index in [0.717, 1.165) is 36.1 Å². The van der Waals surface area contributed by atoms with Crippen molar-refractivity contribution in [2.24, 2.45) is 5.92 Å². The van der Waals surface area contributed by atoms with Gasteiger partial charge in [0.05, 0.1) is 11.3 Å². The molecule has 0 bridgehead atoms. The maximum atomic E-state index is 13.5. The highest BCUT2D eigenvalue weighted by Gasteiger charge is 2.42. The van der Waals surface area contributed by atoms with Crippen molar-refractivity contribution in [3.8, 4) is 0 Å². The number of benzene rings is 2. The number of alkyl halides is 3. The van der Waals surface area contributed by atoms with Crippen LogP contribution in [0.2, 0.25) is 0 Å². The highest BCUT2D eigenvalue weighted by molar-refractivity contribution is 5.82. The first kappa shape index (κ1) is 21.1. The van der Waals surface area contributed by atoms with Crippen LogP contribution in [0, 0.1) is 12.8 Å². The quantitative estimate of drug-likeness (QED) is 0.574. The zero-order valence-electron chi connectivity index (χ0n) is 17.1. The minimum Gasteiger partial charge on any atom is -0.340 e. The van der Waals surface area contributed by atoms with Crippen LogP contribution in [0.1, 0.15) is 40.8 Å². The summed E-state index contributed by atoms with van der Waals surface area (Å²) in [6.07, 6.45) is -0.959. The van der Waals surface area contributed by atoms with Gasteiger partial charge in [-0.1, -0.05) is 48.5 Å². The number of amides is 1. The molecule has 0 spiro atoms. The summed E-state index contributed by atoms with van der Waals surface area (Å²) in [4.78, 5) is 17.5. The van der Waals surface area contributed by atoms with Crippen molar-refractivity contribution in [1.29, 1.82) is 0 Å². The Morgan fingerprint density at radius 3 is 2.32 bits per heavy atom. The molecule has 1 aromatic heterocycles. The van der Waals surface area contributed by atoms with Crippen LogP contribution in [0.15, 0.2) is 72.9 Å². The molecule has 3 aromatic rings. The van der Waals surface area contributed by atoms with E-state index in [-0.39, 0.29) is 18.2 Å². The molecule has 6 heteroatoms. The van der Waals surface area contributed by atoms with Gasteiger partial charge in [-0.2, -0.15) is 13.2 Å². The van der Waals surface area contributed by atoms with Gasteiger partial charge < -0.3 is 5.32 Å². The first-order valence-electron chi connectivity index (χ1n) is 10.2. The van der Waals surface area contributed by atoms with Crippen molar-refractivity contribution in [1.82, 2.24) is 10.3 Å². The normalized spacial score (nSPS) is 15.9. The average molecular weight is 424 g/mol. The van der Waals surface area contributed by atoms with Gasteiger partial charge in [0.2, 0.25) is 5.91 Å². The summed E-state index contributed by atoms with van der Waals surface area (Å²) in [6, 6.07) is 18.3. The van der Waals surface area contributed by atoms with Crippen LogP contribution in [-0.4, -0.2) is 10.9 Å². The molecule has 1 amide bonds. The monoisotopic (exact) mass is 424 g/mol. The largest absolute Gasteiger partial charge is 0.416 e. The third-order valence-corrected chi connectivity index (χ3v) is 5.63. The summed E-state index contributed by atoms with van der Waals surface area (Å²) < 4.78 is 40.6. The lowest BCUT2D eigenvalue weighted by molar-refractivity contribution is -0.137. The number of halogens is 3. The van der Waals surface area contributed by atoms with Gasteiger partial charge in [-0.15, -0.1) is 0 Å². The lowest BCUT2D eigenvalue weighted by atomic mass is 9.79. The van der Waals surface area contributed by atoms with Crippen LogP contribution >= 0.6 is 0 Å². The number of nitrogens with one attached hydrogen (secondary N) is 1. The number of hydrogen-bond donors (Lipinski definition) is 1. The van der Waals surface area contributed by atoms with Gasteiger partial charge in [0.15, 0.2) is 0 Å². The minimum absolute atomic E-state index is 0.105. The fourth-order valence-corrected chi connectivity index (χ4v) is 3.76. The Morgan fingerprint density at radius 1 is 1.00 bits per heavy atom. The third-order valence-electron chi connectivity index (χ3n) is 5.63. The summed E-state index contributed by atoms with van der Waals surface area (Å²) in [5.74, 6) is -0.262. The van der Waals surface area contributed by atoms with E-state index in [1.165, 1.54) is 6.07 Å². The highest BCUT2D eigenvalue weighted by atomic mass is 19.4. The molecule has 1 saturated carbocycles. The van der Waals surface area contributed by atoms with E-state index in [2.05, 4.69) is 10.3 Å². The first-order chi connectivity index (χ1) is 14.8. The number of rotatable bonds is 6. The summed E-state index contributed by atoms with van der Waals surface area (Å²) >= 11 is 0. The molecule has 31 heavy (non-hydrogen) atoms. The van der Waals surface area contributed by atoms with Gasteiger partial charge >= 0.3 is 6.18 Å². The topological polar surface area (TPSA) is 42.0 Å². The van der Waals surface area contributed by atoms with Gasteiger partial charge in [0.25, 0.3) is 0 Å². The van der Waals surface area contributed by atoms with Crippen LogP contribution < -0.4 is 5.32 Å². The van der Waals surface area contributed by atoms with Crippen LogP contribution in [0.25, 0.3) is 0 Å². The van der Waals surface area contributed by atoms with Crippen molar-refractivity contribution < 1.29 is 18.0 Å². The SMILES string of the molecule is Cc1ccc(C(Cc2ccccc2)(NC(=O)C2CC2)c2cccc(C(F)(F)F)c2)nc1. The smallest absolute Gasteiger partial charge is 0.340 e. The Kier molecular flexibility index (Phi) is 5.56. The van der Waals surface area contributed by atoms with Crippen molar-refractivity contribution in [3.63, 3.8) is 0 Å². The molecule has 1 unspecified atom stereocenters. The van der Waals surface area contributed by atoms with E-state index in [9.17, 15) is 18.0 Å². The third kappa shape index (κ3) is 4.63. The zero-order valence-corrected chi connectivity index (χ0v) is 17.1. The van der Waals surface area contributed by atoms with Crippen molar-refractivity contribution in [3.05, 3.63) is 101 Å². The Balaban J connectivity index is 1.91. The molecule has 1 heterocycles. The predicted molar refractivity (Wildman–Crippen MR) is 112 cm³/mol. The molecule has 1 fully saturated rings. The molecule has 1 N–H and O–H groups in total. The van der Waals surface area contributed by atoms with Crippen molar-refractivity contribution in [2.45, 2.75) is 37.9 Å². The molecule has 1 aliphatic carbocycles. The number of carbonyl (C=O) groups excluding carboxylic acids is 1. The van der Waals surface area contributed by atoms with E-state index in [1.807, 2.05) is 43.3 Å². The van der Waals surface area contributed by atoms with E-state index < -0.39 is 17.3 Å². The second-order valence-corrected chi connectivity index (χ2v) is 8.13. The predicted octanol–water partition coefficient (Wildman–Crippen LogP) is 5.42. The summed E-state index contributed by atoms with van der Waals surface area (Å²) in [6.45, 7) is 1.89. The molecule has 1 atom stereocenters. The number of aromatic nitrogens is 1. The standard InChI is InChI=1S/C25H23F3N2O/c1-17-10-13-22(29-16-17)24(30-23(31)19-11-12-19,15-18-6-3-2-4-7-18)20-8-5-9-21(14-20)25(26,27)28/h2-10,13-14,16,19H,11-12,15H2,1H3,(H,30,31). The minimum atomic E-state index is -4.49. The summed E-state index contributed by atoms with van der Waals surface area (Å²) in [5.41, 5.74) is 0.700. The van der Waals surface area contributed by atoms with Crippen LogP contribution in [-0.2, 0) is 22.9 Å². The van der Waals surface area contributed by atoms with Crippen LogP contribution in [0.5, 0.6) is 0 Å². The maximum Gasteiger partial charge on any atom is 0.416 e. The second-order valence-electron chi connectivity index (χ2n) is 8.13. The maximum absolute atomic E-state index is 13.5. The number of hydrogen-bond acceptors (Lipinski definition) is 2. The highest BCUT2D eigenvalue weighted by Crippen LogP contribution is 2.38. The van der Waals surface area contributed by atoms with E-state index in [1.54, 1.807) is 18.3 Å². The Bertz CT molecular complexity index is 1060. The van der Waals surface area contributed by atoms with Crippen molar-refractivity contribution in [2.75, 3.05) is 0 Å². The lowest BCUT2D eigenvalue weighted by Crippen LogP contribution is -2.49. The molecule has 0 aliphatic heterocycles. The van der Waals surface area contributed by atoms with Gasteiger partial charge in [0, 0.05) is 18.5 Å². The summed E-state index contributed by atoms with van der Waals surface area (Å²) in [7, 11) is 0. The van der Waals surface area contributed by atoms with Crippen LogP contribution in [0.4, 0.5) is 13.2 Å². The molecule has 160 valence electrons. The number of aryl methyl sites for hydroxylation is 1. The van der Waals surface area contributed by atoms with Gasteiger partial charge in [-0.3, -0.25) is 9.78 Å². The van der Waals surface area contributed by atoms with E-state index in [4.69, 9.17) is 0 Å². The first-order valence-corrected chi connectivity index (χ1v) is 10.2. The van der Waals surface area contributed by atoms with E-state index >= 15 is 0 Å².